The smallest absolute Gasteiger partial charge is 0.237 e. The summed E-state index contributed by atoms with van der Waals surface area (Å²) in [4.78, 5) is 11.6. The van der Waals surface area contributed by atoms with Crippen molar-refractivity contribution in [2.45, 2.75) is 44.2 Å². The highest BCUT2D eigenvalue weighted by Crippen LogP contribution is 2.22. The summed E-state index contributed by atoms with van der Waals surface area (Å²) in [5.41, 5.74) is 5.87. The number of nitrogens with two attached hydrogens (primary N) is 1. The van der Waals surface area contributed by atoms with Crippen molar-refractivity contribution in [3.63, 3.8) is 0 Å². The minimum atomic E-state index is -0.628. The van der Waals surface area contributed by atoms with E-state index in [1.807, 2.05) is 31.6 Å². The average Bonchev–Trinajstić information content (AvgIpc) is 2.65. The first kappa shape index (κ1) is 16.0. The van der Waals surface area contributed by atoms with Crippen molar-refractivity contribution in [2.75, 3.05) is 12.3 Å². The minimum absolute atomic E-state index is 0.289. The SMILES string of the molecule is CCCNC(C)(CCSc1cc(C)nn1C)C(N)=O. The Labute approximate surface area is 119 Å². The molecule has 0 radical (unpaired) electrons. The number of aryl methyl sites for hydroxylation is 2. The number of amides is 1. The third kappa shape index (κ3) is 4.54. The Hall–Kier alpha value is -1.01. The lowest BCUT2D eigenvalue weighted by atomic mass is 9.98. The van der Waals surface area contributed by atoms with Crippen LogP contribution in [0.2, 0.25) is 0 Å². The van der Waals surface area contributed by atoms with Crippen molar-refractivity contribution in [1.29, 1.82) is 0 Å². The number of primary amides is 1. The number of nitrogens with zero attached hydrogens (tertiary/aromatic N) is 2. The second-order valence-electron chi connectivity index (χ2n) is 4.97. The summed E-state index contributed by atoms with van der Waals surface area (Å²) in [5.74, 6) is 0.539. The molecule has 1 heterocycles. The quantitative estimate of drug-likeness (QED) is 0.709. The number of hydrogen-bond donors (Lipinski definition) is 2. The van der Waals surface area contributed by atoms with Crippen LogP contribution in [0.5, 0.6) is 0 Å². The molecule has 1 rings (SSSR count). The molecule has 19 heavy (non-hydrogen) atoms. The molecule has 0 aromatic carbocycles. The maximum atomic E-state index is 11.6. The number of aromatic nitrogens is 2. The summed E-state index contributed by atoms with van der Waals surface area (Å²) in [6, 6.07) is 2.05. The molecule has 1 aromatic rings. The van der Waals surface area contributed by atoms with E-state index in [0.29, 0.717) is 6.42 Å². The van der Waals surface area contributed by atoms with Crippen molar-refractivity contribution < 1.29 is 4.79 Å². The zero-order valence-corrected chi connectivity index (χ0v) is 13.0. The molecule has 6 heteroatoms. The third-order valence-electron chi connectivity index (χ3n) is 3.12. The molecule has 5 nitrogen and oxygen atoms in total. The number of rotatable bonds is 8. The van der Waals surface area contributed by atoms with Gasteiger partial charge in [0.15, 0.2) is 0 Å². The van der Waals surface area contributed by atoms with Crippen LogP contribution in [0.4, 0.5) is 0 Å². The highest BCUT2D eigenvalue weighted by atomic mass is 32.2. The van der Waals surface area contributed by atoms with Gasteiger partial charge in [0.05, 0.1) is 16.3 Å². The summed E-state index contributed by atoms with van der Waals surface area (Å²) in [6.07, 6.45) is 1.69. The van der Waals surface area contributed by atoms with Crippen LogP contribution in [0, 0.1) is 6.92 Å². The van der Waals surface area contributed by atoms with Gasteiger partial charge in [0.2, 0.25) is 5.91 Å². The van der Waals surface area contributed by atoms with Gasteiger partial charge in [0.25, 0.3) is 0 Å². The largest absolute Gasteiger partial charge is 0.368 e. The lowest BCUT2D eigenvalue weighted by molar-refractivity contribution is -0.123. The van der Waals surface area contributed by atoms with E-state index in [1.54, 1.807) is 11.8 Å². The average molecular weight is 284 g/mol. The molecule has 0 bridgehead atoms. The van der Waals surface area contributed by atoms with Gasteiger partial charge in [-0.2, -0.15) is 5.10 Å². The molecule has 0 saturated carbocycles. The van der Waals surface area contributed by atoms with Crippen LogP contribution in [0.25, 0.3) is 0 Å². The number of carbonyl (C=O) groups is 1. The fourth-order valence-electron chi connectivity index (χ4n) is 1.78. The predicted octanol–water partition coefficient (Wildman–Crippen LogP) is 1.45. The minimum Gasteiger partial charge on any atom is -0.368 e. The standard InChI is InChI=1S/C13H24N4OS/c1-5-7-15-13(3,12(14)18)6-8-19-11-9-10(2)16-17(11)4/h9,15H,5-8H2,1-4H3,(H2,14,18). The van der Waals surface area contributed by atoms with E-state index in [9.17, 15) is 4.79 Å². The zero-order valence-electron chi connectivity index (χ0n) is 12.2. The number of hydrogen-bond acceptors (Lipinski definition) is 4. The molecule has 108 valence electrons. The Kier molecular flexibility index (Phi) is 5.87. The maximum absolute atomic E-state index is 11.6. The second kappa shape index (κ2) is 6.96. The van der Waals surface area contributed by atoms with E-state index in [1.165, 1.54) is 0 Å². The lowest BCUT2D eigenvalue weighted by Gasteiger charge is -2.27. The molecular formula is C13H24N4OS. The van der Waals surface area contributed by atoms with Crippen molar-refractivity contribution in [2.24, 2.45) is 12.8 Å². The Balaban J connectivity index is 2.53. The summed E-state index contributed by atoms with van der Waals surface area (Å²) in [5, 5.41) is 8.65. The van der Waals surface area contributed by atoms with Crippen LogP contribution in [0.3, 0.4) is 0 Å². The fourth-order valence-corrected chi connectivity index (χ4v) is 2.98. The van der Waals surface area contributed by atoms with Crippen LogP contribution in [0.1, 0.15) is 32.4 Å². The summed E-state index contributed by atoms with van der Waals surface area (Å²) in [7, 11) is 1.93. The predicted molar refractivity (Wildman–Crippen MR) is 79.2 cm³/mol. The van der Waals surface area contributed by atoms with E-state index in [2.05, 4.69) is 17.3 Å². The molecule has 0 aliphatic heterocycles. The van der Waals surface area contributed by atoms with Gasteiger partial charge in [-0.1, -0.05) is 6.92 Å². The molecule has 0 fully saturated rings. The molecule has 1 amide bonds. The van der Waals surface area contributed by atoms with E-state index in [0.717, 1.165) is 29.4 Å². The van der Waals surface area contributed by atoms with Gasteiger partial charge in [0.1, 0.15) is 0 Å². The highest BCUT2D eigenvalue weighted by Gasteiger charge is 2.29. The fraction of sp³-hybridized carbons (Fsp3) is 0.692. The van der Waals surface area contributed by atoms with Crippen molar-refractivity contribution in [3.8, 4) is 0 Å². The van der Waals surface area contributed by atoms with E-state index in [4.69, 9.17) is 5.73 Å². The summed E-state index contributed by atoms with van der Waals surface area (Å²) in [6.45, 7) is 6.72. The molecule has 1 aromatic heterocycles. The molecular weight excluding hydrogens is 260 g/mol. The number of carbonyl (C=O) groups excluding carboxylic acids is 1. The van der Waals surface area contributed by atoms with Crippen LogP contribution < -0.4 is 11.1 Å². The molecule has 3 N–H and O–H groups in total. The molecule has 0 saturated heterocycles. The summed E-state index contributed by atoms with van der Waals surface area (Å²) < 4.78 is 1.86. The summed E-state index contributed by atoms with van der Waals surface area (Å²) >= 11 is 1.70. The van der Waals surface area contributed by atoms with Gasteiger partial charge in [-0.05, 0) is 39.3 Å². The number of nitrogens with one attached hydrogen (secondary N) is 1. The van der Waals surface area contributed by atoms with E-state index in [-0.39, 0.29) is 5.91 Å². The van der Waals surface area contributed by atoms with Gasteiger partial charge in [-0.25, -0.2) is 0 Å². The first-order valence-electron chi connectivity index (χ1n) is 6.57. The van der Waals surface area contributed by atoms with E-state index < -0.39 is 5.54 Å². The van der Waals surface area contributed by atoms with Crippen molar-refractivity contribution in [3.05, 3.63) is 11.8 Å². The molecule has 0 spiro atoms. The van der Waals surface area contributed by atoms with Gasteiger partial charge in [-0.15, -0.1) is 11.8 Å². The molecule has 0 aliphatic carbocycles. The van der Waals surface area contributed by atoms with Gasteiger partial charge in [0, 0.05) is 12.8 Å². The second-order valence-corrected chi connectivity index (χ2v) is 6.08. The Bertz CT molecular complexity index is 432. The first-order valence-corrected chi connectivity index (χ1v) is 7.56. The van der Waals surface area contributed by atoms with Crippen molar-refractivity contribution >= 4 is 17.7 Å². The maximum Gasteiger partial charge on any atom is 0.237 e. The zero-order chi connectivity index (χ0) is 14.5. The van der Waals surface area contributed by atoms with Gasteiger partial charge < -0.3 is 11.1 Å². The topological polar surface area (TPSA) is 72.9 Å². The first-order chi connectivity index (χ1) is 8.89. The molecule has 0 aliphatic rings. The monoisotopic (exact) mass is 284 g/mol. The van der Waals surface area contributed by atoms with Crippen LogP contribution >= 0.6 is 11.8 Å². The van der Waals surface area contributed by atoms with Crippen LogP contribution in [-0.2, 0) is 11.8 Å². The Morgan fingerprint density at radius 1 is 1.63 bits per heavy atom. The van der Waals surface area contributed by atoms with Crippen LogP contribution in [-0.4, -0.2) is 33.5 Å². The molecule has 1 atom stereocenters. The molecule has 1 unspecified atom stereocenters. The van der Waals surface area contributed by atoms with Gasteiger partial charge in [-0.3, -0.25) is 9.48 Å². The number of thioether (sulfide) groups is 1. The Morgan fingerprint density at radius 3 is 2.79 bits per heavy atom. The normalized spacial score (nSPS) is 14.3. The van der Waals surface area contributed by atoms with Gasteiger partial charge >= 0.3 is 0 Å². The highest BCUT2D eigenvalue weighted by molar-refractivity contribution is 7.99. The third-order valence-corrected chi connectivity index (χ3v) is 4.21. The van der Waals surface area contributed by atoms with E-state index >= 15 is 0 Å². The lowest BCUT2D eigenvalue weighted by Crippen LogP contribution is -2.53. The van der Waals surface area contributed by atoms with Crippen LogP contribution in [0.15, 0.2) is 11.1 Å². The van der Waals surface area contributed by atoms with Crippen molar-refractivity contribution in [1.82, 2.24) is 15.1 Å². The Morgan fingerprint density at radius 2 is 2.32 bits per heavy atom.